The van der Waals surface area contributed by atoms with Gasteiger partial charge >= 0.3 is 18.9 Å². The van der Waals surface area contributed by atoms with Gasteiger partial charge in [0.1, 0.15) is 6.90 Å². The summed E-state index contributed by atoms with van der Waals surface area (Å²) in [5.74, 6) is 13.9. The molecule has 0 radical (unpaired) electrons. The Morgan fingerprint density at radius 1 is 0.411 bits per heavy atom. The molecule has 8 heteroatoms. The maximum Gasteiger partial charge on any atom is 1.00 e. The first kappa shape index (κ1) is 92.2. The predicted octanol–water partition coefficient (Wildman–Crippen LogP) is 30.9. The molecule has 8 aromatic carbocycles. The molecule has 0 nitrogen and oxygen atoms in total. The SMILES string of the molecule is CC(CC1CCC([Si](C)(C)[Si](C)(C)C2C(C)CC3C2CC2CCCC2C3c2ccccc2)C1)c1ccccc1.CC1=Cc2c(cc3c(c2-c2ccccc2)CCC3)C1[Si](C)(C)[Si](C)(C)C1C=CC(CC(C)c2ccccc2)=C1.CC1=Cc2c(cc3c(c2-c2ccccc2)CCC3)C1[Si](C)(C)[Si](C)(C)Cl.CC1CC2CC3CCCC3C(c3ccccc3)C2C1.[Li+]. The molecule has 0 N–H and O–H groups in total. The van der Waals surface area contributed by atoms with Crippen LogP contribution < -0.4 is 18.9 Å². The molecule has 0 spiro atoms. The molecule has 12 aliphatic rings. The number of benzene rings is 8. The average Bonchev–Trinajstić information content (AvgIpc) is 1.56. The van der Waals surface area contributed by atoms with Crippen molar-refractivity contribution < 1.29 is 18.9 Å². The zero-order valence-corrected chi connectivity index (χ0v) is 87.1. The molecule has 20 atom stereocenters. The number of halogens is 1. The van der Waals surface area contributed by atoms with E-state index in [1.807, 2.05) is 0 Å². The molecule has 20 rings (SSSR count). The molecular formula is C116H155ClLiSi6+. The molecule has 0 aromatic heterocycles. The number of rotatable bonds is 18. The summed E-state index contributed by atoms with van der Waals surface area (Å²) in [4.78, 5) is 0. The van der Waals surface area contributed by atoms with E-state index >= 15 is 0 Å². The molecule has 0 aliphatic heterocycles. The normalized spacial score (nSPS) is 29.3. The summed E-state index contributed by atoms with van der Waals surface area (Å²) in [5.41, 5.74) is 33.6. The fraction of sp³-hybridized carbons (Fsp3) is 0.517. The Bertz CT molecular complexity index is 5130. The minimum absolute atomic E-state index is 0. The van der Waals surface area contributed by atoms with Gasteiger partial charge in [-0.05, 0) is 316 Å². The molecule has 8 aromatic rings. The van der Waals surface area contributed by atoms with E-state index in [0.717, 1.165) is 94.4 Å². The molecule has 20 unspecified atom stereocenters. The van der Waals surface area contributed by atoms with Crippen LogP contribution in [0, 0.1) is 65.1 Å². The van der Waals surface area contributed by atoms with Crippen molar-refractivity contribution in [2.75, 3.05) is 0 Å². The van der Waals surface area contributed by atoms with Crippen molar-refractivity contribution in [2.24, 2.45) is 65.1 Å². The summed E-state index contributed by atoms with van der Waals surface area (Å²) in [5, 5.41) is 0. The van der Waals surface area contributed by atoms with Crippen LogP contribution in [-0.4, -0.2) is 44.9 Å². The molecule has 0 bridgehead atoms. The van der Waals surface area contributed by atoms with Crippen molar-refractivity contribution in [3.8, 4) is 22.3 Å². The van der Waals surface area contributed by atoms with Crippen LogP contribution in [0.15, 0.2) is 229 Å². The van der Waals surface area contributed by atoms with E-state index in [1.165, 1.54) is 143 Å². The second kappa shape index (κ2) is 37.6. The third-order valence-electron chi connectivity index (χ3n) is 37.8. The van der Waals surface area contributed by atoms with Gasteiger partial charge in [-0.1, -0.05) is 392 Å². The quantitative estimate of drug-likeness (QED) is 0.0593. The third-order valence-corrected chi connectivity index (χ3v) is 97.7. The van der Waals surface area contributed by atoms with Gasteiger partial charge in [0.05, 0.1) is 22.8 Å². The van der Waals surface area contributed by atoms with E-state index in [9.17, 15) is 0 Å². The second-order valence-corrected chi connectivity index (χ2v) is 96.5. The predicted molar refractivity (Wildman–Crippen MR) is 551 cm³/mol. The van der Waals surface area contributed by atoms with Crippen LogP contribution in [0.3, 0.4) is 0 Å². The van der Waals surface area contributed by atoms with Gasteiger partial charge in [0.15, 0.2) is 0 Å². The van der Waals surface area contributed by atoms with Crippen molar-refractivity contribution in [2.45, 2.75) is 313 Å². The van der Waals surface area contributed by atoms with Gasteiger partial charge in [-0.25, -0.2) is 0 Å². The Morgan fingerprint density at radius 3 is 1.39 bits per heavy atom. The molecule has 0 saturated heterocycles. The van der Waals surface area contributed by atoms with Crippen LogP contribution in [-0.2, 0) is 25.7 Å². The van der Waals surface area contributed by atoms with Crippen molar-refractivity contribution in [1.82, 2.24) is 0 Å². The van der Waals surface area contributed by atoms with E-state index in [0.29, 0.717) is 28.5 Å². The topological polar surface area (TPSA) is 0 Å². The van der Waals surface area contributed by atoms with Crippen molar-refractivity contribution >= 4 is 68.1 Å². The van der Waals surface area contributed by atoms with Gasteiger partial charge in [0.25, 0.3) is 0 Å². The molecule has 7 saturated carbocycles. The maximum atomic E-state index is 7.08. The standard InChI is InChI=1S/C37H56Si2.C37H44Si2.C23H29ClSi2.C19H26.Li/c2*1-26(29-14-9-7-10-15-29)22-28-20-21-32(24-28)38(3,4)39(5,6)37-27(2)23-34-35(37)25-31-18-13-19-33(31)36(34)30-16-11-8-12-17-30;1-16-14-20-21(23(16)25(2,3)26(4,5)24)15-18-12-9-13-19(18)22(20)17-10-7-6-8-11-17;1-13-10-16-12-15-8-5-9-17(15)19(18(16)11-13)14-6-3-2-4-7-14;/h7-12,14-17,26-28,31-37H,13,18-25H2,1-6H3;7-12,14-17,20-21,23-26,32,37H,13,18-19,22H2,1-6H3;6-8,10-11,14-15,23H,9,12-13H2,1-5H3;2-4,6-7,13,15-19H,5,8-12H2,1H3;/q;;;;+1. The van der Waals surface area contributed by atoms with Crippen molar-refractivity contribution in [3.63, 3.8) is 0 Å². The van der Waals surface area contributed by atoms with E-state index in [-0.39, 0.29) is 18.9 Å². The van der Waals surface area contributed by atoms with E-state index in [4.69, 9.17) is 11.1 Å². The number of hydrogen-bond acceptors (Lipinski definition) is 0. The molecule has 124 heavy (non-hydrogen) atoms. The van der Waals surface area contributed by atoms with Crippen LogP contribution >= 0.6 is 11.1 Å². The van der Waals surface area contributed by atoms with Gasteiger partial charge in [0, 0.05) is 15.2 Å². The van der Waals surface area contributed by atoms with Gasteiger partial charge in [-0.15, -0.1) is 0 Å². The van der Waals surface area contributed by atoms with E-state index in [2.05, 4.69) is 345 Å². The van der Waals surface area contributed by atoms with Crippen LogP contribution in [0.1, 0.15) is 259 Å². The minimum atomic E-state index is -1.71. The van der Waals surface area contributed by atoms with E-state index in [1.54, 1.807) is 97.2 Å². The van der Waals surface area contributed by atoms with Gasteiger partial charge in [-0.2, -0.15) is 11.1 Å². The first-order valence-electron chi connectivity index (χ1n) is 50.0. The molecule has 0 heterocycles. The smallest absolute Gasteiger partial charge is 0.171 e. The number of hydrogen-bond donors (Lipinski definition) is 0. The summed E-state index contributed by atoms with van der Waals surface area (Å²) in [6.07, 6.45) is 44.1. The number of allylic oxidation sites excluding steroid dienone is 6. The Hall–Kier alpha value is -5.09. The van der Waals surface area contributed by atoms with Crippen LogP contribution in [0.5, 0.6) is 0 Å². The summed E-state index contributed by atoms with van der Waals surface area (Å²) in [7, 11) is -7.68. The summed E-state index contributed by atoms with van der Waals surface area (Å²) in [6.45, 7) is 45.4. The maximum absolute atomic E-state index is 7.08. The summed E-state index contributed by atoms with van der Waals surface area (Å²) >= 11 is 7.08. The average molecular weight is 1760 g/mol. The van der Waals surface area contributed by atoms with Crippen molar-refractivity contribution in [3.05, 3.63) is 296 Å². The summed E-state index contributed by atoms with van der Waals surface area (Å²) < 4.78 is 0. The van der Waals surface area contributed by atoms with Crippen LogP contribution in [0.25, 0.3) is 34.4 Å². The molecule has 12 aliphatic carbocycles. The molecular weight excluding hydrogens is 1600 g/mol. The Morgan fingerprint density at radius 2 is 0.879 bits per heavy atom. The van der Waals surface area contributed by atoms with Gasteiger partial charge < -0.3 is 0 Å². The largest absolute Gasteiger partial charge is 1.00 e. The Labute approximate surface area is 776 Å². The Kier molecular flexibility index (Phi) is 28.0. The molecule has 0 amide bonds. The fourth-order valence-electron chi connectivity index (χ4n) is 30.1. The summed E-state index contributed by atoms with van der Waals surface area (Å²) in [6, 6.07) is 73.2. The number of aryl methyl sites for hydroxylation is 2. The molecule has 7 fully saturated rings. The van der Waals surface area contributed by atoms with Crippen LogP contribution in [0.4, 0.5) is 0 Å². The second-order valence-electron chi connectivity index (χ2n) is 46.1. The monoisotopic (exact) mass is 1760 g/mol. The fourth-order valence-corrected chi connectivity index (χ4v) is 63.5. The molecule has 650 valence electrons. The third kappa shape index (κ3) is 17.7. The van der Waals surface area contributed by atoms with Crippen LogP contribution in [0.2, 0.25) is 95.2 Å². The number of fused-ring (bicyclic) bond motifs is 8. The van der Waals surface area contributed by atoms with Gasteiger partial charge in [0.2, 0.25) is 0 Å². The zero-order valence-electron chi connectivity index (χ0n) is 80.3. The first-order chi connectivity index (χ1) is 58.9. The first-order valence-corrected chi connectivity index (χ1v) is 72.4. The minimum Gasteiger partial charge on any atom is -0.171 e. The van der Waals surface area contributed by atoms with Gasteiger partial charge in [-0.3, -0.25) is 0 Å². The van der Waals surface area contributed by atoms with Crippen molar-refractivity contribution in [1.29, 1.82) is 0 Å². The zero-order chi connectivity index (χ0) is 86.2. The van der Waals surface area contributed by atoms with E-state index < -0.39 is 44.9 Å². The Balaban J connectivity index is 0.000000126.